The molecule has 0 aliphatic carbocycles. The molecule has 0 fully saturated rings. The van der Waals surface area contributed by atoms with Gasteiger partial charge in [-0.1, -0.05) is 55.5 Å². The average Bonchev–Trinajstić information content (AvgIpc) is 2.77. The molecule has 6 heteroatoms. The van der Waals surface area contributed by atoms with Gasteiger partial charge in [0.1, 0.15) is 5.82 Å². The van der Waals surface area contributed by atoms with E-state index in [1.165, 1.54) is 12.1 Å². The minimum atomic E-state index is -0.481. The summed E-state index contributed by atoms with van der Waals surface area (Å²) in [6, 6.07) is 19.1. The van der Waals surface area contributed by atoms with E-state index in [0.29, 0.717) is 13.1 Å². The number of anilines is 1. The number of hydrogen-bond acceptors (Lipinski definition) is 3. The highest BCUT2D eigenvalue weighted by Crippen LogP contribution is 2.23. The molecular formula is C24H26FN3O2. The van der Waals surface area contributed by atoms with Crippen molar-refractivity contribution in [2.45, 2.75) is 26.4 Å². The molecule has 3 aromatic carbocycles. The number of halogens is 1. The zero-order valence-electron chi connectivity index (χ0n) is 17.2. The highest BCUT2D eigenvalue weighted by atomic mass is 19.1. The number of hydrogen-bond donors (Lipinski definition) is 2. The molecular weight excluding hydrogens is 381 g/mol. The lowest BCUT2D eigenvalue weighted by Crippen LogP contribution is -2.46. The molecule has 30 heavy (non-hydrogen) atoms. The fourth-order valence-electron chi connectivity index (χ4n) is 3.30. The average molecular weight is 407 g/mol. The van der Waals surface area contributed by atoms with Crippen LogP contribution in [0.15, 0.2) is 66.7 Å². The largest absolute Gasteiger partial charge is 0.351 e. The van der Waals surface area contributed by atoms with E-state index in [1.54, 1.807) is 24.0 Å². The summed E-state index contributed by atoms with van der Waals surface area (Å²) in [6.07, 6.45) is 0. The molecule has 0 saturated heterocycles. The first-order valence-corrected chi connectivity index (χ1v) is 10.0. The molecule has 0 unspecified atom stereocenters. The molecule has 0 spiro atoms. The summed E-state index contributed by atoms with van der Waals surface area (Å²) in [4.78, 5) is 27.0. The van der Waals surface area contributed by atoms with E-state index < -0.39 is 6.04 Å². The molecule has 0 aliphatic rings. The van der Waals surface area contributed by atoms with Crippen LogP contribution >= 0.6 is 0 Å². The van der Waals surface area contributed by atoms with Crippen LogP contribution in [0.2, 0.25) is 0 Å². The van der Waals surface area contributed by atoms with Crippen molar-refractivity contribution in [3.8, 4) is 0 Å². The molecule has 2 amide bonds. The normalized spacial score (nSPS) is 12.0. The molecule has 0 aromatic heterocycles. The number of rotatable bonds is 8. The first kappa shape index (κ1) is 21.5. The van der Waals surface area contributed by atoms with Gasteiger partial charge in [0.15, 0.2) is 0 Å². The van der Waals surface area contributed by atoms with E-state index in [-0.39, 0.29) is 24.2 Å². The predicted molar refractivity (Wildman–Crippen MR) is 118 cm³/mol. The van der Waals surface area contributed by atoms with Crippen molar-refractivity contribution in [2.24, 2.45) is 0 Å². The highest BCUT2D eigenvalue weighted by Gasteiger charge is 2.22. The van der Waals surface area contributed by atoms with E-state index >= 15 is 0 Å². The lowest BCUT2D eigenvalue weighted by molar-refractivity contribution is -0.125. The van der Waals surface area contributed by atoms with Crippen LogP contribution in [0.3, 0.4) is 0 Å². The van der Waals surface area contributed by atoms with Gasteiger partial charge in [0.25, 0.3) is 0 Å². The van der Waals surface area contributed by atoms with Crippen molar-refractivity contribution in [1.29, 1.82) is 0 Å². The predicted octanol–water partition coefficient (Wildman–Crippen LogP) is 3.94. The molecule has 1 atom stereocenters. The van der Waals surface area contributed by atoms with Crippen molar-refractivity contribution in [3.63, 3.8) is 0 Å². The van der Waals surface area contributed by atoms with E-state index in [2.05, 4.69) is 10.6 Å². The van der Waals surface area contributed by atoms with Crippen LogP contribution in [0, 0.1) is 5.82 Å². The Labute approximate surface area is 175 Å². The number of amides is 2. The standard InChI is InChI=1S/C24H26FN3O2/c1-3-28(16-23(29)26-15-18-11-13-20(25)14-12-18)17(2)24(30)27-22-10-6-8-19-7-4-5-9-21(19)22/h4-14,17H,3,15-16H2,1-2H3,(H,26,29)(H,27,30)/t17-/m1/s1. The number of nitrogens with zero attached hydrogens (tertiary/aromatic N) is 1. The van der Waals surface area contributed by atoms with Crippen molar-refractivity contribution in [1.82, 2.24) is 10.2 Å². The fraction of sp³-hybridized carbons (Fsp3) is 0.250. The van der Waals surface area contributed by atoms with Gasteiger partial charge in [-0.25, -0.2) is 4.39 Å². The van der Waals surface area contributed by atoms with Crippen molar-refractivity contribution in [2.75, 3.05) is 18.4 Å². The Hall–Kier alpha value is -3.25. The van der Waals surface area contributed by atoms with E-state index in [1.807, 2.05) is 49.4 Å². The summed E-state index contributed by atoms with van der Waals surface area (Å²) in [5, 5.41) is 7.83. The molecule has 156 valence electrons. The zero-order chi connectivity index (χ0) is 21.5. The second-order valence-corrected chi connectivity index (χ2v) is 7.16. The smallest absolute Gasteiger partial charge is 0.241 e. The number of carbonyl (C=O) groups is 2. The first-order chi connectivity index (χ1) is 14.5. The van der Waals surface area contributed by atoms with Gasteiger partial charge in [-0.2, -0.15) is 0 Å². The molecule has 3 aromatic rings. The summed E-state index contributed by atoms with van der Waals surface area (Å²) >= 11 is 0. The van der Waals surface area contributed by atoms with Crippen LogP contribution in [-0.4, -0.2) is 35.8 Å². The van der Waals surface area contributed by atoms with Gasteiger partial charge >= 0.3 is 0 Å². The fourth-order valence-corrected chi connectivity index (χ4v) is 3.30. The summed E-state index contributed by atoms with van der Waals surface area (Å²) in [6.45, 7) is 4.66. The Morgan fingerprint density at radius 1 is 1.00 bits per heavy atom. The third kappa shape index (κ3) is 5.42. The van der Waals surface area contributed by atoms with Crippen molar-refractivity contribution >= 4 is 28.3 Å². The van der Waals surface area contributed by atoms with E-state index in [9.17, 15) is 14.0 Å². The molecule has 0 radical (unpaired) electrons. The highest BCUT2D eigenvalue weighted by molar-refractivity contribution is 6.03. The monoisotopic (exact) mass is 407 g/mol. The summed E-state index contributed by atoms with van der Waals surface area (Å²) in [5.74, 6) is -0.668. The van der Waals surface area contributed by atoms with Gasteiger partial charge in [-0.3, -0.25) is 14.5 Å². The number of benzene rings is 3. The van der Waals surface area contributed by atoms with Crippen LogP contribution in [0.5, 0.6) is 0 Å². The van der Waals surface area contributed by atoms with Crippen LogP contribution < -0.4 is 10.6 Å². The second-order valence-electron chi connectivity index (χ2n) is 7.16. The number of nitrogens with one attached hydrogen (secondary N) is 2. The second kappa shape index (κ2) is 9.98. The van der Waals surface area contributed by atoms with Crippen LogP contribution in [-0.2, 0) is 16.1 Å². The Morgan fingerprint density at radius 2 is 1.70 bits per heavy atom. The van der Waals surface area contributed by atoms with Gasteiger partial charge in [0.05, 0.1) is 12.6 Å². The van der Waals surface area contributed by atoms with Gasteiger partial charge < -0.3 is 10.6 Å². The van der Waals surface area contributed by atoms with Gasteiger partial charge in [-0.15, -0.1) is 0 Å². The molecule has 0 saturated carbocycles. The topological polar surface area (TPSA) is 61.4 Å². The maximum atomic E-state index is 13.0. The van der Waals surface area contributed by atoms with Gasteiger partial charge in [-0.05, 0) is 42.6 Å². The molecule has 0 bridgehead atoms. The van der Waals surface area contributed by atoms with Gasteiger partial charge in [0, 0.05) is 17.6 Å². The van der Waals surface area contributed by atoms with Crippen LogP contribution in [0.4, 0.5) is 10.1 Å². The Kier molecular flexibility index (Phi) is 7.14. The SMILES string of the molecule is CCN(CC(=O)NCc1ccc(F)cc1)[C@H](C)C(=O)Nc1cccc2ccccc12. The minimum absolute atomic E-state index is 0.0990. The molecule has 2 N–H and O–H groups in total. The van der Waals surface area contributed by atoms with Crippen LogP contribution in [0.1, 0.15) is 19.4 Å². The van der Waals surface area contributed by atoms with Crippen molar-refractivity contribution in [3.05, 3.63) is 78.1 Å². The lowest BCUT2D eigenvalue weighted by atomic mass is 10.1. The summed E-state index contributed by atoms with van der Waals surface area (Å²) in [7, 11) is 0. The summed E-state index contributed by atoms with van der Waals surface area (Å²) in [5.41, 5.74) is 1.57. The number of fused-ring (bicyclic) bond motifs is 1. The molecule has 5 nitrogen and oxygen atoms in total. The maximum absolute atomic E-state index is 13.0. The number of carbonyl (C=O) groups excluding carboxylic acids is 2. The maximum Gasteiger partial charge on any atom is 0.241 e. The lowest BCUT2D eigenvalue weighted by Gasteiger charge is -2.26. The quantitative estimate of drug-likeness (QED) is 0.595. The Bertz CT molecular complexity index is 1020. The molecule has 3 rings (SSSR count). The molecule has 0 aliphatic heterocycles. The van der Waals surface area contributed by atoms with E-state index in [0.717, 1.165) is 22.0 Å². The number of likely N-dealkylation sites (N-methyl/N-ethyl adjacent to an activating group) is 1. The first-order valence-electron chi connectivity index (χ1n) is 10.0. The molecule has 0 heterocycles. The Morgan fingerprint density at radius 3 is 2.43 bits per heavy atom. The third-order valence-electron chi connectivity index (χ3n) is 5.13. The summed E-state index contributed by atoms with van der Waals surface area (Å²) < 4.78 is 13.0. The Balaban J connectivity index is 1.58. The van der Waals surface area contributed by atoms with E-state index in [4.69, 9.17) is 0 Å². The minimum Gasteiger partial charge on any atom is -0.351 e. The van der Waals surface area contributed by atoms with Crippen molar-refractivity contribution < 1.29 is 14.0 Å². The third-order valence-corrected chi connectivity index (χ3v) is 5.13. The van der Waals surface area contributed by atoms with Gasteiger partial charge in [0.2, 0.25) is 11.8 Å². The zero-order valence-corrected chi connectivity index (χ0v) is 17.2. The van der Waals surface area contributed by atoms with Crippen LogP contribution in [0.25, 0.3) is 10.8 Å².